The predicted molar refractivity (Wildman–Crippen MR) is 219 cm³/mol. The van der Waals surface area contributed by atoms with Crippen LogP contribution in [0.15, 0.2) is 58.1 Å². The van der Waals surface area contributed by atoms with Crippen LogP contribution in [-0.2, 0) is 61.6 Å². The van der Waals surface area contributed by atoms with E-state index in [0.29, 0.717) is 48.4 Å². The molecule has 55 heavy (non-hydrogen) atoms. The van der Waals surface area contributed by atoms with Gasteiger partial charge < -0.3 is 30.7 Å². The van der Waals surface area contributed by atoms with E-state index >= 15 is 0 Å². The molecule has 7 nitrogen and oxygen atoms in total. The van der Waals surface area contributed by atoms with Crippen molar-refractivity contribution in [3.05, 3.63) is 115 Å². The average Bonchev–Trinajstić information content (AvgIpc) is 3.54. The number of hydrogen-bond acceptors (Lipinski definition) is 7. The summed E-state index contributed by atoms with van der Waals surface area (Å²) in [7, 11) is 17.5. The predicted octanol–water partition coefficient (Wildman–Crippen LogP) is 5.01. The van der Waals surface area contributed by atoms with E-state index in [2.05, 4.69) is 33.8 Å². The fraction of sp³-hybridized carbons (Fsp3) is 0.341. The van der Waals surface area contributed by atoms with E-state index < -0.39 is 0 Å². The van der Waals surface area contributed by atoms with Gasteiger partial charge in [0.05, 0.1) is 21.3 Å². The number of ketones is 1. The standard InChI is InChI=1S/C23H24B2O5.C21H20BO2.Y/c1-5-16(26)10-13-8-14-11-19(27)18(25-24)7-6-17(14)21-15(9-13)12-20(28-2)22(29-3)23(21)30-4;1-12-10-16-5-4-15(8-9-23)18-11-20(24)19(22)7-6-17(18)21(16)14(3)13(12)2;/h6-7,11-13H,1,5,8-10H2,2-4H3;6-7,10-11,15H,4-5,8H2,1-3H3;/q2*-1;/t13-;15-;/m11./s1. The van der Waals surface area contributed by atoms with Gasteiger partial charge in [-0.15, -0.1) is 12.8 Å². The maximum Gasteiger partial charge on any atom is 0.203 e. The van der Waals surface area contributed by atoms with Crippen molar-refractivity contribution >= 4 is 45.7 Å². The van der Waals surface area contributed by atoms with Gasteiger partial charge in [0.1, 0.15) is 20.8 Å². The Labute approximate surface area is 353 Å². The van der Waals surface area contributed by atoms with E-state index in [-0.39, 0.29) is 73.1 Å². The van der Waals surface area contributed by atoms with Crippen LogP contribution in [0.2, 0.25) is 0 Å². The average molecular weight is 806 g/mol. The molecular formula is C44H44B3O7Y-2. The fourth-order valence-electron chi connectivity index (χ4n) is 7.91. The van der Waals surface area contributed by atoms with Crippen LogP contribution in [0.25, 0.3) is 22.3 Å². The minimum Gasteiger partial charge on any atom is -0.542 e. The molecule has 276 valence electrons. The molecule has 6 radical (unpaired) electrons. The molecule has 0 spiro atoms. The number of benzene rings is 2. The molecule has 0 saturated carbocycles. The van der Waals surface area contributed by atoms with E-state index in [1.807, 2.05) is 24.5 Å². The van der Waals surface area contributed by atoms with Crippen molar-refractivity contribution in [1.29, 1.82) is 0 Å². The molecule has 0 bridgehead atoms. The van der Waals surface area contributed by atoms with Gasteiger partial charge in [-0.05, 0) is 132 Å². The van der Waals surface area contributed by atoms with Crippen molar-refractivity contribution in [3.63, 3.8) is 0 Å². The Balaban J connectivity index is 0.000000246. The fourth-order valence-corrected chi connectivity index (χ4v) is 7.91. The summed E-state index contributed by atoms with van der Waals surface area (Å²) < 4.78 is 16.9. The Morgan fingerprint density at radius 2 is 1.55 bits per heavy atom. The van der Waals surface area contributed by atoms with Gasteiger partial charge in [-0.1, -0.05) is 41.3 Å². The quantitative estimate of drug-likeness (QED) is 0.174. The van der Waals surface area contributed by atoms with Gasteiger partial charge in [-0.2, -0.15) is 0 Å². The number of hydrogen-bond donors (Lipinski definition) is 0. The topological polar surface area (TPSA) is 96.0 Å². The Kier molecular flexibility index (Phi) is 15.5. The summed E-state index contributed by atoms with van der Waals surface area (Å²) >= 11 is 0. The van der Waals surface area contributed by atoms with Crippen molar-refractivity contribution < 1.29 is 56.5 Å². The van der Waals surface area contributed by atoms with Gasteiger partial charge in [-0.3, -0.25) is 15.9 Å². The van der Waals surface area contributed by atoms with E-state index in [0.717, 1.165) is 46.2 Å². The number of ether oxygens (including phenoxy) is 3. The van der Waals surface area contributed by atoms with E-state index in [1.54, 1.807) is 45.6 Å². The molecule has 4 aromatic rings. The summed E-state index contributed by atoms with van der Waals surface area (Å²) in [5, 5.41) is 0. The Hall–Kier alpha value is -3.74. The molecule has 0 saturated heterocycles. The van der Waals surface area contributed by atoms with Crippen molar-refractivity contribution in [2.75, 3.05) is 21.3 Å². The third-order valence-corrected chi connectivity index (χ3v) is 10.9. The number of carbonyl (C=O) groups is 1. The molecular weight excluding hydrogens is 762 g/mol. The minimum absolute atomic E-state index is 0. The monoisotopic (exact) mass is 806 g/mol. The van der Waals surface area contributed by atoms with E-state index in [9.17, 15) is 19.2 Å². The number of carbonyl (C=O) groups excluding carboxylic acids is 2. The minimum atomic E-state index is -0.183. The van der Waals surface area contributed by atoms with E-state index in [1.165, 1.54) is 35.0 Å². The van der Waals surface area contributed by atoms with Crippen LogP contribution >= 0.6 is 0 Å². The first kappa shape index (κ1) is 44.0. The van der Waals surface area contributed by atoms with Crippen molar-refractivity contribution in [3.8, 4) is 39.5 Å². The number of Topliss-reactive ketones (excluding diaryl/α,β-unsaturated/α-hetero) is 1. The Bertz CT molecular complexity index is 2220. The molecule has 4 aromatic carbocycles. The second-order valence-corrected chi connectivity index (χ2v) is 14.1. The maximum atomic E-state index is 12.6. The van der Waals surface area contributed by atoms with Gasteiger partial charge in [0.2, 0.25) is 5.75 Å². The van der Waals surface area contributed by atoms with Crippen LogP contribution in [0, 0.1) is 33.6 Å². The van der Waals surface area contributed by atoms with Crippen LogP contribution in [-0.4, -0.2) is 56.2 Å². The molecule has 6 rings (SSSR count). The summed E-state index contributed by atoms with van der Waals surface area (Å²) in [6.45, 7) is 10.1. The van der Waals surface area contributed by atoms with Gasteiger partial charge in [0.25, 0.3) is 0 Å². The SMILES string of the molecule is [B][B]c1ccc2c(cc1=O)C[C@@H](CC(=O)C[CH2-])Cc1cc(OC)c(OC)c(OC)c1-2.[B]c1ccc2c(cc1=O)[C@@H](C[C-]=O)CCc1cc(C)c(C)c(C)c1-2.[Y]. The summed E-state index contributed by atoms with van der Waals surface area (Å²) in [6.07, 6.45) is 5.92. The molecule has 0 unspecified atom stereocenters. The second kappa shape index (κ2) is 19.4. The van der Waals surface area contributed by atoms with Crippen LogP contribution in [0.1, 0.15) is 70.5 Å². The summed E-state index contributed by atoms with van der Waals surface area (Å²) in [5.41, 5.74) is 12.0. The van der Waals surface area contributed by atoms with Crippen molar-refractivity contribution in [2.24, 2.45) is 5.92 Å². The first-order valence-electron chi connectivity index (χ1n) is 18.1. The number of rotatable bonds is 9. The zero-order valence-corrected chi connectivity index (χ0v) is 35.4. The third kappa shape index (κ3) is 9.29. The first-order valence-corrected chi connectivity index (χ1v) is 18.1. The van der Waals surface area contributed by atoms with Gasteiger partial charge >= 0.3 is 0 Å². The molecule has 2 aliphatic carbocycles. The second-order valence-electron chi connectivity index (χ2n) is 14.1. The van der Waals surface area contributed by atoms with Crippen molar-refractivity contribution in [2.45, 2.75) is 71.6 Å². The normalized spacial score (nSPS) is 15.0. The zero-order valence-electron chi connectivity index (χ0n) is 32.6. The third-order valence-electron chi connectivity index (χ3n) is 10.9. The summed E-state index contributed by atoms with van der Waals surface area (Å²) in [5.74, 6) is 1.69. The molecule has 0 heterocycles. The van der Waals surface area contributed by atoms with Crippen LogP contribution in [0.3, 0.4) is 0 Å². The number of methoxy groups -OCH3 is 3. The first-order chi connectivity index (χ1) is 25.9. The number of fused-ring (bicyclic) bond motifs is 6. The van der Waals surface area contributed by atoms with Gasteiger partial charge in [0.15, 0.2) is 22.4 Å². The summed E-state index contributed by atoms with van der Waals surface area (Å²) in [4.78, 5) is 48.1. The molecule has 2 aliphatic rings. The van der Waals surface area contributed by atoms with Gasteiger partial charge in [-0.25, -0.2) is 0 Å². The molecule has 0 N–H and O–H groups in total. The van der Waals surface area contributed by atoms with Crippen LogP contribution < -0.4 is 36.0 Å². The molecule has 0 aromatic heterocycles. The van der Waals surface area contributed by atoms with E-state index in [4.69, 9.17) is 29.8 Å². The smallest absolute Gasteiger partial charge is 0.203 e. The Morgan fingerprint density at radius 1 is 0.855 bits per heavy atom. The largest absolute Gasteiger partial charge is 0.542 e. The molecule has 11 heteroatoms. The maximum absolute atomic E-state index is 12.6. The molecule has 0 amide bonds. The van der Waals surface area contributed by atoms with Crippen LogP contribution in [0.5, 0.6) is 17.2 Å². The van der Waals surface area contributed by atoms with Crippen LogP contribution in [0.4, 0.5) is 0 Å². The Morgan fingerprint density at radius 3 is 2.18 bits per heavy atom. The van der Waals surface area contributed by atoms with Crippen molar-refractivity contribution in [1.82, 2.24) is 0 Å². The molecule has 0 aliphatic heterocycles. The number of aryl methyl sites for hydroxylation is 2. The summed E-state index contributed by atoms with van der Waals surface area (Å²) in [6, 6.07) is 14.6. The van der Waals surface area contributed by atoms with Gasteiger partial charge in [0, 0.05) is 52.4 Å². The molecule has 2 atom stereocenters. The molecule has 0 fully saturated rings. The zero-order chi connectivity index (χ0) is 39.3.